The second-order valence-corrected chi connectivity index (χ2v) is 4.56. The van der Waals surface area contributed by atoms with Crippen LogP contribution in [0.1, 0.15) is 0 Å². The van der Waals surface area contributed by atoms with Crippen molar-refractivity contribution in [1.82, 2.24) is 0 Å². The van der Waals surface area contributed by atoms with Crippen molar-refractivity contribution in [2.24, 2.45) is 0 Å². The Morgan fingerprint density at radius 2 is 1.29 bits per heavy atom. The topological polar surface area (TPSA) is 20.2 Å². The summed E-state index contributed by atoms with van der Waals surface area (Å²) in [5.41, 5.74) is 2.55. The smallest absolute Gasteiger partial charge is 0.160 e. The molecule has 0 bridgehead atoms. The van der Waals surface area contributed by atoms with Gasteiger partial charge in [0.25, 0.3) is 0 Å². The maximum Gasteiger partial charge on any atom is 0.160 e. The van der Waals surface area contributed by atoms with Gasteiger partial charge in [-0.15, -0.1) is 6.58 Å². The Balaban J connectivity index is 0.000000249. The van der Waals surface area contributed by atoms with E-state index in [4.69, 9.17) is 4.80 Å². The molecule has 88 valence electrons. The van der Waals surface area contributed by atoms with Gasteiger partial charge in [-0.05, 0) is 17.2 Å². The molecule has 0 atom stereocenters. The lowest BCUT2D eigenvalue weighted by Gasteiger charge is -1.98. The Hall–Kier alpha value is -1.64. The lowest BCUT2D eigenvalue weighted by Crippen LogP contribution is -1.77. The number of hydrogen-bond acceptors (Lipinski definition) is 1. The molecule has 2 aromatic carbocycles. The van der Waals surface area contributed by atoms with Crippen LogP contribution in [-0.2, 0) is 0 Å². The van der Waals surface area contributed by atoms with Gasteiger partial charge in [-0.2, -0.15) is 0 Å². The van der Waals surface area contributed by atoms with E-state index in [0.29, 0.717) is 0 Å². The van der Waals surface area contributed by atoms with Gasteiger partial charge < -0.3 is 4.80 Å². The molecule has 0 aliphatic carbocycles. The summed E-state index contributed by atoms with van der Waals surface area (Å²) >= 11 is 0. The average molecular weight is 242 g/mol. The fourth-order valence-corrected chi connectivity index (χ4v) is 1.54. The summed E-state index contributed by atoms with van der Waals surface area (Å²) in [5.74, 6) is 0. The molecule has 2 rings (SSSR count). The molecule has 0 spiro atoms. The summed E-state index contributed by atoms with van der Waals surface area (Å²) in [6, 6.07) is 21.6. The standard InChI is InChI=1S/C12H10.C3H8OSi/c1-3-7-11(8-4-1)12-9-5-2-6-10-12;1-2-3-5-4/h1-10H;2,4H,1,3,5H2. The second-order valence-electron chi connectivity index (χ2n) is 3.53. The minimum atomic E-state index is -0.704. The predicted molar refractivity (Wildman–Crippen MR) is 77.6 cm³/mol. The Morgan fingerprint density at radius 3 is 1.53 bits per heavy atom. The monoisotopic (exact) mass is 242 g/mol. The lowest BCUT2D eigenvalue weighted by atomic mass is 10.1. The molecule has 0 heterocycles. The number of allylic oxidation sites excluding steroid dienone is 1. The van der Waals surface area contributed by atoms with Gasteiger partial charge in [-0.3, -0.25) is 0 Å². The predicted octanol–water partition coefficient (Wildman–Crippen LogP) is 3.02. The van der Waals surface area contributed by atoms with Gasteiger partial charge >= 0.3 is 0 Å². The third-order valence-corrected chi connectivity index (χ3v) is 2.88. The van der Waals surface area contributed by atoms with Crippen LogP contribution in [0.25, 0.3) is 11.1 Å². The van der Waals surface area contributed by atoms with Crippen molar-refractivity contribution in [2.45, 2.75) is 6.04 Å². The van der Waals surface area contributed by atoms with Crippen LogP contribution in [0.2, 0.25) is 6.04 Å². The van der Waals surface area contributed by atoms with Gasteiger partial charge in [0.1, 0.15) is 0 Å². The van der Waals surface area contributed by atoms with Crippen molar-refractivity contribution in [3.05, 3.63) is 73.3 Å². The van der Waals surface area contributed by atoms with Crippen LogP contribution < -0.4 is 0 Å². The normalized spacial score (nSPS) is 9.71. The van der Waals surface area contributed by atoms with E-state index in [1.165, 1.54) is 11.1 Å². The molecular weight excluding hydrogens is 224 g/mol. The van der Waals surface area contributed by atoms with Gasteiger partial charge in [0.05, 0.1) is 0 Å². The first-order chi connectivity index (χ1) is 8.38. The second kappa shape index (κ2) is 8.50. The largest absolute Gasteiger partial charge is 0.438 e. The van der Waals surface area contributed by atoms with Crippen LogP contribution in [0, 0.1) is 0 Å². The van der Waals surface area contributed by atoms with Crippen LogP contribution in [0.4, 0.5) is 0 Å². The Bertz CT molecular complexity index is 374. The van der Waals surface area contributed by atoms with Crippen molar-refractivity contribution >= 4 is 9.76 Å². The molecule has 1 N–H and O–H groups in total. The van der Waals surface area contributed by atoms with Crippen LogP contribution >= 0.6 is 0 Å². The minimum Gasteiger partial charge on any atom is -0.438 e. The maximum absolute atomic E-state index is 8.13. The third kappa shape index (κ3) is 5.29. The molecule has 0 fully saturated rings. The van der Waals surface area contributed by atoms with Crippen LogP contribution in [0.5, 0.6) is 0 Å². The summed E-state index contributed by atoms with van der Waals surface area (Å²) in [6.07, 6.45) is 1.74. The lowest BCUT2D eigenvalue weighted by molar-refractivity contribution is 0.605. The molecule has 0 saturated carbocycles. The summed E-state index contributed by atoms with van der Waals surface area (Å²) in [4.78, 5) is 8.13. The highest BCUT2D eigenvalue weighted by Gasteiger charge is 1.91. The molecule has 0 unspecified atom stereocenters. The molecule has 1 nitrogen and oxygen atoms in total. The van der Waals surface area contributed by atoms with Crippen LogP contribution in [0.15, 0.2) is 73.3 Å². The quantitative estimate of drug-likeness (QED) is 0.648. The van der Waals surface area contributed by atoms with Gasteiger partial charge in [0, 0.05) is 0 Å². The Labute approximate surface area is 105 Å². The van der Waals surface area contributed by atoms with Crippen molar-refractivity contribution in [1.29, 1.82) is 0 Å². The molecule has 0 aromatic heterocycles. The van der Waals surface area contributed by atoms with E-state index >= 15 is 0 Å². The summed E-state index contributed by atoms with van der Waals surface area (Å²) in [7, 11) is -0.704. The molecular formula is C15H18OSi. The van der Waals surface area contributed by atoms with E-state index in [0.717, 1.165) is 6.04 Å². The zero-order valence-corrected chi connectivity index (χ0v) is 11.3. The molecule has 2 heteroatoms. The fraction of sp³-hybridized carbons (Fsp3) is 0.0667. The zero-order valence-electron chi connectivity index (χ0n) is 9.92. The molecule has 0 aliphatic rings. The SMILES string of the molecule is C=CC[SiH2]O.c1ccc(-c2ccccc2)cc1. The van der Waals surface area contributed by atoms with Gasteiger partial charge in [0.15, 0.2) is 9.76 Å². The average Bonchev–Trinajstić information content (AvgIpc) is 2.42. The van der Waals surface area contributed by atoms with Crippen molar-refractivity contribution in [2.75, 3.05) is 0 Å². The molecule has 0 aliphatic heterocycles. The van der Waals surface area contributed by atoms with Crippen LogP contribution in [0.3, 0.4) is 0 Å². The number of benzene rings is 2. The van der Waals surface area contributed by atoms with E-state index < -0.39 is 9.76 Å². The first-order valence-electron chi connectivity index (χ1n) is 5.70. The number of rotatable bonds is 3. The van der Waals surface area contributed by atoms with Crippen molar-refractivity contribution in [3.63, 3.8) is 0 Å². The number of hydrogen-bond donors (Lipinski definition) is 1. The first kappa shape index (κ1) is 13.4. The van der Waals surface area contributed by atoms with Crippen molar-refractivity contribution in [3.8, 4) is 11.1 Å². The first-order valence-corrected chi connectivity index (χ1v) is 7.34. The maximum atomic E-state index is 8.13. The zero-order chi connectivity index (χ0) is 12.3. The van der Waals surface area contributed by atoms with E-state index in [9.17, 15) is 0 Å². The van der Waals surface area contributed by atoms with E-state index in [1.54, 1.807) is 6.08 Å². The summed E-state index contributed by atoms with van der Waals surface area (Å²) in [5, 5.41) is 0. The van der Waals surface area contributed by atoms with E-state index in [2.05, 4.69) is 55.1 Å². The van der Waals surface area contributed by atoms with Gasteiger partial charge in [-0.1, -0.05) is 66.7 Å². The van der Waals surface area contributed by atoms with E-state index in [1.807, 2.05) is 12.1 Å². The third-order valence-electron chi connectivity index (χ3n) is 2.21. The van der Waals surface area contributed by atoms with Gasteiger partial charge in [-0.25, -0.2) is 0 Å². The minimum absolute atomic E-state index is 0.704. The van der Waals surface area contributed by atoms with E-state index in [-0.39, 0.29) is 0 Å². The molecule has 0 radical (unpaired) electrons. The van der Waals surface area contributed by atoms with Crippen LogP contribution in [-0.4, -0.2) is 14.6 Å². The molecule has 17 heavy (non-hydrogen) atoms. The fourth-order valence-electron chi connectivity index (χ4n) is 1.35. The highest BCUT2D eigenvalue weighted by atomic mass is 28.2. The van der Waals surface area contributed by atoms with Gasteiger partial charge in [0.2, 0.25) is 0 Å². The van der Waals surface area contributed by atoms with Crippen molar-refractivity contribution < 1.29 is 4.80 Å². The molecule has 0 amide bonds. The Kier molecular flexibility index (Phi) is 6.71. The molecule has 0 saturated heterocycles. The summed E-state index contributed by atoms with van der Waals surface area (Å²) < 4.78 is 0. The highest BCUT2D eigenvalue weighted by Crippen LogP contribution is 2.17. The highest BCUT2D eigenvalue weighted by molar-refractivity contribution is 6.25. The summed E-state index contributed by atoms with van der Waals surface area (Å²) in [6.45, 7) is 3.43. The molecule has 2 aromatic rings. The Morgan fingerprint density at radius 1 is 0.882 bits per heavy atom.